The molecule has 0 saturated heterocycles. The molecule has 2 N–H and O–H groups in total. The largest absolute Gasteiger partial charge is 0.491 e. The Kier molecular flexibility index (Phi) is 4.83. The quantitative estimate of drug-likeness (QED) is 0.798. The van der Waals surface area contributed by atoms with Crippen LogP contribution in [0.3, 0.4) is 0 Å². The summed E-state index contributed by atoms with van der Waals surface area (Å²) in [5.74, 6) is 0.812. The average Bonchev–Trinajstić information content (AvgIpc) is 2.48. The smallest absolute Gasteiger partial charge is 0.119 e. The first-order valence-corrected chi connectivity index (χ1v) is 6.08. The lowest BCUT2D eigenvalue weighted by Gasteiger charge is -2.06. The monoisotopic (exact) mass is 259 g/mol. The molecule has 2 aromatic rings. The Morgan fingerprint density at radius 1 is 1.00 bits per heavy atom. The van der Waals surface area contributed by atoms with Gasteiger partial charge in [0.1, 0.15) is 12.4 Å². The van der Waals surface area contributed by atoms with Gasteiger partial charge in [0.2, 0.25) is 0 Å². The molecule has 0 saturated carbocycles. The van der Waals surface area contributed by atoms with Crippen LogP contribution in [0.5, 0.6) is 5.75 Å². The number of aromatic nitrogens is 2. The Labute approximate surface area is 112 Å². The Hall–Kier alpha value is -1.98. The zero-order valence-electron chi connectivity index (χ0n) is 10.9. The van der Waals surface area contributed by atoms with Gasteiger partial charge in [0.25, 0.3) is 0 Å². The molecule has 0 unspecified atom stereocenters. The van der Waals surface area contributed by atoms with Gasteiger partial charge in [-0.05, 0) is 36.4 Å². The highest BCUT2D eigenvalue weighted by molar-refractivity contribution is 5.59. The summed E-state index contributed by atoms with van der Waals surface area (Å²) in [6, 6.07) is 11.5. The Balaban J connectivity index is 2.04. The number of rotatable bonds is 6. The summed E-state index contributed by atoms with van der Waals surface area (Å²) in [6.07, 6.45) is 0. The van der Waals surface area contributed by atoms with E-state index in [2.05, 4.69) is 10.2 Å². The van der Waals surface area contributed by atoms with Crippen LogP contribution < -0.4 is 10.5 Å². The lowest BCUT2D eigenvalue weighted by molar-refractivity contribution is 0.146. The second kappa shape index (κ2) is 6.82. The Morgan fingerprint density at radius 2 is 1.79 bits per heavy atom. The second-order valence-electron chi connectivity index (χ2n) is 3.98. The zero-order chi connectivity index (χ0) is 13.5. The molecule has 1 aromatic heterocycles. The number of nitrogens with two attached hydrogens (primary N) is 1. The molecule has 1 aromatic carbocycles. The third kappa shape index (κ3) is 3.74. The lowest BCUT2D eigenvalue weighted by Crippen LogP contribution is -2.04. The minimum atomic E-state index is 0.402. The summed E-state index contributed by atoms with van der Waals surface area (Å²) in [5, 5.41) is 8.17. The molecule has 5 nitrogen and oxygen atoms in total. The van der Waals surface area contributed by atoms with Gasteiger partial charge < -0.3 is 15.2 Å². The Bertz CT molecular complexity index is 497. The third-order valence-corrected chi connectivity index (χ3v) is 2.64. The fourth-order valence-electron chi connectivity index (χ4n) is 1.59. The van der Waals surface area contributed by atoms with Crippen molar-refractivity contribution < 1.29 is 9.47 Å². The van der Waals surface area contributed by atoms with Gasteiger partial charge in [0.15, 0.2) is 0 Å². The third-order valence-electron chi connectivity index (χ3n) is 2.64. The molecule has 100 valence electrons. The molecule has 1 heterocycles. The number of hydrogen-bond donors (Lipinski definition) is 1. The highest BCUT2D eigenvalue weighted by Gasteiger charge is 2.01. The summed E-state index contributed by atoms with van der Waals surface area (Å²) in [5.41, 5.74) is 8.08. The fourth-order valence-corrected chi connectivity index (χ4v) is 1.59. The van der Waals surface area contributed by atoms with Crippen LogP contribution in [0.4, 0.5) is 0 Å². The summed E-state index contributed by atoms with van der Waals surface area (Å²) in [7, 11) is 1.65. The van der Waals surface area contributed by atoms with Crippen molar-refractivity contribution in [2.75, 3.05) is 20.3 Å². The van der Waals surface area contributed by atoms with E-state index in [0.29, 0.717) is 19.8 Å². The van der Waals surface area contributed by atoms with E-state index in [1.165, 1.54) is 0 Å². The van der Waals surface area contributed by atoms with Gasteiger partial charge in [-0.1, -0.05) is 0 Å². The van der Waals surface area contributed by atoms with Gasteiger partial charge in [-0.15, -0.1) is 0 Å². The Morgan fingerprint density at radius 3 is 2.37 bits per heavy atom. The van der Waals surface area contributed by atoms with E-state index in [1.807, 2.05) is 36.4 Å². The molecular formula is C14H17N3O2. The van der Waals surface area contributed by atoms with Crippen LogP contribution in [0.1, 0.15) is 5.69 Å². The first-order valence-electron chi connectivity index (χ1n) is 6.08. The topological polar surface area (TPSA) is 70.3 Å². The molecule has 2 rings (SSSR count). The van der Waals surface area contributed by atoms with E-state index in [9.17, 15) is 0 Å². The molecule has 0 atom stereocenters. The summed E-state index contributed by atoms with van der Waals surface area (Å²) < 4.78 is 10.4. The van der Waals surface area contributed by atoms with E-state index >= 15 is 0 Å². The van der Waals surface area contributed by atoms with E-state index in [-0.39, 0.29) is 0 Å². The standard InChI is InChI=1S/C14H17N3O2/c1-18-8-9-19-13-5-2-11(3-6-13)14-7-4-12(10-15)16-17-14/h2-7H,8-10,15H2,1H3. The van der Waals surface area contributed by atoms with Gasteiger partial charge in [0.05, 0.1) is 18.0 Å². The maximum absolute atomic E-state index is 5.50. The second-order valence-corrected chi connectivity index (χ2v) is 3.98. The molecule has 19 heavy (non-hydrogen) atoms. The highest BCUT2D eigenvalue weighted by atomic mass is 16.5. The minimum absolute atomic E-state index is 0.402. The van der Waals surface area contributed by atoms with Crippen LogP contribution in [-0.4, -0.2) is 30.5 Å². The van der Waals surface area contributed by atoms with E-state index < -0.39 is 0 Å². The molecule has 5 heteroatoms. The number of benzene rings is 1. The van der Waals surface area contributed by atoms with Crippen LogP contribution in [0.15, 0.2) is 36.4 Å². The van der Waals surface area contributed by atoms with Crippen molar-refractivity contribution in [1.29, 1.82) is 0 Å². The van der Waals surface area contributed by atoms with Crippen molar-refractivity contribution in [2.45, 2.75) is 6.54 Å². The molecule has 0 spiro atoms. The minimum Gasteiger partial charge on any atom is -0.491 e. The molecule has 0 aliphatic heterocycles. The number of ether oxygens (including phenoxy) is 2. The maximum atomic E-state index is 5.50. The van der Waals surface area contributed by atoms with E-state index in [0.717, 1.165) is 22.7 Å². The molecule has 0 fully saturated rings. The van der Waals surface area contributed by atoms with Crippen LogP contribution in [0, 0.1) is 0 Å². The van der Waals surface area contributed by atoms with Crippen molar-refractivity contribution >= 4 is 0 Å². The van der Waals surface area contributed by atoms with Gasteiger partial charge in [-0.2, -0.15) is 10.2 Å². The normalized spacial score (nSPS) is 10.4. The molecular weight excluding hydrogens is 242 g/mol. The SMILES string of the molecule is COCCOc1ccc(-c2ccc(CN)nn2)cc1. The van der Waals surface area contributed by atoms with E-state index in [4.69, 9.17) is 15.2 Å². The van der Waals surface area contributed by atoms with E-state index in [1.54, 1.807) is 7.11 Å². The van der Waals surface area contributed by atoms with Crippen molar-refractivity contribution in [3.8, 4) is 17.0 Å². The summed E-state index contributed by atoms with van der Waals surface area (Å²) in [4.78, 5) is 0. The van der Waals surface area contributed by atoms with Gasteiger partial charge in [0, 0.05) is 19.2 Å². The first kappa shape index (κ1) is 13.5. The van der Waals surface area contributed by atoms with Crippen molar-refractivity contribution in [3.63, 3.8) is 0 Å². The molecule has 0 aliphatic carbocycles. The molecule has 0 aliphatic rings. The predicted molar refractivity (Wildman–Crippen MR) is 72.7 cm³/mol. The number of nitrogens with zero attached hydrogens (tertiary/aromatic N) is 2. The number of methoxy groups -OCH3 is 1. The fraction of sp³-hybridized carbons (Fsp3) is 0.286. The van der Waals surface area contributed by atoms with Crippen LogP contribution >= 0.6 is 0 Å². The van der Waals surface area contributed by atoms with Crippen LogP contribution in [0.2, 0.25) is 0 Å². The van der Waals surface area contributed by atoms with Crippen LogP contribution in [0.25, 0.3) is 11.3 Å². The molecule has 0 amide bonds. The van der Waals surface area contributed by atoms with Gasteiger partial charge in [-0.25, -0.2) is 0 Å². The average molecular weight is 259 g/mol. The van der Waals surface area contributed by atoms with Crippen molar-refractivity contribution in [3.05, 3.63) is 42.1 Å². The lowest BCUT2D eigenvalue weighted by atomic mass is 10.1. The van der Waals surface area contributed by atoms with Crippen molar-refractivity contribution in [2.24, 2.45) is 5.73 Å². The van der Waals surface area contributed by atoms with Gasteiger partial charge >= 0.3 is 0 Å². The molecule has 0 bridgehead atoms. The summed E-state index contributed by atoms with van der Waals surface area (Å²) >= 11 is 0. The predicted octanol–water partition coefficient (Wildman–Crippen LogP) is 1.63. The van der Waals surface area contributed by atoms with Crippen molar-refractivity contribution in [1.82, 2.24) is 10.2 Å². The van der Waals surface area contributed by atoms with Crippen LogP contribution in [-0.2, 0) is 11.3 Å². The first-order chi connectivity index (χ1) is 9.33. The maximum Gasteiger partial charge on any atom is 0.119 e. The highest BCUT2D eigenvalue weighted by Crippen LogP contribution is 2.20. The zero-order valence-corrected chi connectivity index (χ0v) is 10.9. The number of hydrogen-bond acceptors (Lipinski definition) is 5. The molecule has 0 radical (unpaired) electrons. The van der Waals surface area contributed by atoms with Gasteiger partial charge in [-0.3, -0.25) is 0 Å². The summed E-state index contributed by atoms with van der Waals surface area (Å²) in [6.45, 7) is 1.52.